The fourth-order valence-corrected chi connectivity index (χ4v) is 1.52. The van der Waals surface area contributed by atoms with Gasteiger partial charge in [-0.15, -0.1) is 0 Å². The van der Waals surface area contributed by atoms with Gasteiger partial charge in [0.25, 0.3) is 5.91 Å². The Morgan fingerprint density at radius 1 is 1.53 bits per heavy atom. The first-order valence-corrected chi connectivity index (χ1v) is 5.24. The molecule has 0 unspecified atom stereocenters. The van der Waals surface area contributed by atoms with Gasteiger partial charge in [0.05, 0.1) is 11.8 Å². The van der Waals surface area contributed by atoms with Gasteiger partial charge in [-0.25, -0.2) is 0 Å². The van der Waals surface area contributed by atoms with Crippen molar-refractivity contribution in [1.29, 1.82) is 0 Å². The number of nitrogens with two attached hydrogens (primary N) is 1. The minimum Gasteiger partial charge on any atom is -0.469 e. The normalized spacial score (nSPS) is 10.3. The highest BCUT2D eigenvalue weighted by atomic mass is 16.3. The summed E-state index contributed by atoms with van der Waals surface area (Å²) < 4.78 is 5.11. The summed E-state index contributed by atoms with van der Waals surface area (Å²) in [5.41, 5.74) is 6.11. The largest absolute Gasteiger partial charge is 0.469 e. The quantitative estimate of drug-likeness (QED) is 0.799. The minimum atomic E-state index is 0.00792. The van der Waals surface area contributed by atoms with Crippen molar-refractivity contribution in [3.05, 3.63) is 23.7 Å². The second-order valence-electron chi connectivity index (χ2n) is 3.47. The van der Waals surface area contributed by atoms with Crippen molar-refractivity contribution < 1.29 is 9.21 Å². The molecule has 0 aliphatic heterocycles. The van der Waals surface area contributed by atoms with Crippen LogP contribution in [0, 0.1) is 6.92 Å². The number of carbonyl (C=O) groups is 1. The second-order valence-corrected chi connectivity index (χ2v) is 3.47. The lowest BCUT2D eigenvalue weighted by molar-refractivity contribution is 0.0758. The Balaban J connectivity index is 2.76. The molecule has 0 saturated carbocycles. The van der Waals surface area contributed by atoms with Crippen LogP contribution in [0.3, 0.4) is 0 Å². The van der Waals surface area contributed by atoms with Gasteiger partial charge in [-0.1, -0.05) is 6.92 Å². The average molecular weight is 210 g/mol. The molecule has 84 valence electrons. The summed E-state index contributed by atoms with van der Waals surface area (Å²) in [6.45, 7) is 5.65. The van der Waals surface area contributed by atoms with Crippen LogP contribution in [0.25, 0.3) is 0 Å². The maximum atomic E-state index is 12.0. The number of nitrogens with zero attached hydrogens (tertiary/aromatic N) is 1. The van der Waals surface area contributed by atoms with Gasteiger partial charge in [-0.3, -0.25) is 4.79 Å². The van der Waals surface area contributed by atoms with Crippen molar-refractivity contribution in [2.75, 3.05) is 19.6 Å². The first kappa shape index (κ1) is 11.8. The second kappa shape index (κ2) is 5.56. The molecular weight excluding hydrogens is 192 g/mol. The lowest BCUT2D eigenvalue weighted by Gasteiger charge is -2.20. The number of hydrogen-bond acceptors (Lipinski definition) is 3. The Morgan fingerprint density at radius 2 is 2.27 bits per heavy atom. The molecule has 4 nitrogen and oxygen atoms in total. The SMILES string of the molecule is CCCN(CCN)C(=O)c1ccoc1C. The number of hydrogen-bond donors (Lipinski definition) is 1. The smallest absolute Gasteiger partial charge is 0.257 e. The van der Waals surface area contributed by atoms with Crippen LogP contribution < -0.4 is 5.73 Å². The number of furan rings is 1. The highest BCUT2D eigenvalue weighted by molar-refractivity contribution is 5.95. The number of aryl methyl sites for hydroxylation is 1. The van der Waals surface area contributed by atoms with Crippen molar-refractivity contribution in [3.63, 3.8) is 0 Å². The average Bonchev–Trinajstić information content (AvgIpc) is 2.63. The van der Waals surface area contributed by atoms with E-state index in [2.05, 4.69) is 0 Å². The van der Waals surface area contributed by atoms with Crippen LogP contribution in [0.5, 0.6) is 0 Å². The van der Waals surface area contributed by atoms with Crippen LogP contribution in [-0.4, -0.2) is 30.4 Å². The van der Waals surface area contributed by atoms with Crippen LogP contribution >= 0.6 is 0 Å². The molecule has 0 atom stereocenters. The van der Waals surface area contributed by atoms with E-state index in [1.165, 1.54) is 6.26 Å². The third-order valence-electron chi connectivity index (χ3n) is 2.27. The summed E-state index contributed by atoms with van der Waals surface area (Å²) in [4.78, 5) is 13.8. The first-order valence-electron chi connectivity index (χ1n) is 5.24. The Kier molecular flexibility index (Phi) is 4.37. The third kappa shape index (κ3) is 2.83. The third-order valence-corrected chi connectivity index (χ3v) is 2.27. The van der Waals surface area contributed by atoms with Crippen LogP contribution in [-0.2, 0) is 0 Å². The standard InChI is InChI=1S/C11H18N2O2/c1-3-6-13(7-5-12)11(14)10-4-8-15-9(10)2/h4,8H,3,5-7,12H2,1-2H3. The molecule has 1 aromatic heterocycles. The van der Waals surface area contributed by atoms with Crippen LogP contribution in [0.4, 0.5) is 0 Å². The number of amides is 1. The summed E-state index contributed by atoms with van der Waals surface area (Å²) in [5, 5.41) is 0. The van der Waals surface area contributed by atoms with Gasteiger partial charge >= 0.3 is 0 Å². The fraction of sp³-hybridized carbons (Fsp3) is 0.545. The predicted molar refractivity (Wildman–Crippen MR) is 58.7 cm³/mol. The van der Waals surface area contributed by atoms with Crippen LogP contribution in [0.2, 0.25) is 0 Å². The summed E-state index contributed by atoms with van der Waals surface area (Å²) in [6, 6.07) is 1.71. The van der Waals surface area contributed by atoms with Crippen molar-refractivity contribution in [3.8, 4) is 0 Å². The topological polar surface area (TPSA) is 59.5 Å². The molecule has 1 heterocycles. The molecule has 1 aromatic rings. The van der Waals surface area contributed by atoms with Crippen molar-refractivity contribution in [2.24, 2.45) is 5.73 Å². The molecule has 0 spiro atoms. The summed E-state index contributed by atoms with van der Waals surface area (Å²) in [6.07, 6.45) is 2.47. The molecule has 1 amide bonds. The van der Waals surface area contributed by atoms with E-state index in [9.17, 15) is 4.79 Å². The molecule has 0 saturated heterocycles. The van der Waals surface area contributed by atoms with E-state index < -0.39 is 0 Å². The van der Waals surface area contributed by atoms with Crippen molar-refractivity contribution in [1.82, 2.24) is 4.90 Å². The number of rotatable bonds is 5. The molecule has 0 bridgehead atoms. The summed E-state index contributed by atoms with van der Waals surface area (Å²) in [5.74, 6) is 0.673. The molecule has 1 rings (SSSR count). The van der Waals surface area contributed by atoms with E-state index in [0.717, 1.165) is 13.0 Å². The van der Waals surface area contributed by atoms with Crippen LogP contribution in [0.15, 0.2) is 16.7 Å². The zero-order valence-electron chi connectivity index (χ0n) is 9.32. The maximum absolute atomic E-state index is 12.0. The van der Waals surface area contributed by atoms with Gasteiger partial charge in [0.1, 0.15) is 5.76 Å². The Bertz CT molecular complexity index is 314. The van der Waals surface area contributed by atoms with Gasteiger partial charge in [0, 0.05) is 19.6 Å². The van der Waals surface area contributed by atoms with E-state index in [4.69, 9.17) is 10.2 Å². The monoisotopic (exact) mass is 210 g/mol. The summed E-state index contributed by atoms with van der Waals surface area (Å²) in [7, 11) is 0. The molecule has 0 fully saturated rings. The lowest BCUT2D eigenvalue weighted by Crippen LogP contribution is -2.36. The Hall–Kier alpha value is -1.29. The predicted octanol–water partition coefficient (Wildman–Crippen LogP) is 1.40. The van der Waals surface area contributed by atoms with E-state index >= 15 is 0 Å². The van der Waals surface area contributed by atoms with Gasteiger partial charge in [-0.2, -0.15) is 0 Å². The Morgan fingerprint density at radius 3 is 2.73 bits per heavy atom. The molecule has 2 N–H and O–H groups in total. The molecule has 4 heteroatoms. The molecule has 15 heavy (non-hydrogen) atoms. The van der Waals surface area contributed by atoms with Crippen LogP contribution in [0.1, 0.15) is 29.5 Å². The Labute approximate surface area is 90.0 Å². The minimum absolute atomic E-state index is 0.00792. The first-order chi connectivity index (χ1) is 7.20. The lowest BCUT2D eigenvalue weighted by atomic mass is 10.2. The highest BCUT2D eigenvalue weighted by Gasteiger charge is 2.17. The molecule has 0 aliphatic carbocycles. The highest BCUT2D eigenvalue weighted by Crippen LogP contribution is 2.12. The van der Waals surface area contributed by atoms with E-state index in [1.807, 2.05) is 6.92 Å². The van der Waals surface area contributed by atoms with E-state index in [0.29, 0.717) is 24.4 Å². The molecule has 0 radical (unpaired) electrons. The van der Waals surface area contributed by atoms with Gasteiger partial charge in [0.15, 0.2) is 0 Å². The maximum Gasteiger partial charge on any atom is 0.257 e. The zero-order valence-corrected chi connectivity index (χ0v) is 9.32. The van der Waals surface area contributed by atoms with Crippen molar-refractivity contribution in [2.45, 2.75) is 20.3 Å². The molecular formula is C11H18N2O2. The van der Waals surface area contributed by atoms with Gasteiger partial charge < -0.3 is 15.1 Å². The van der Waals surface area contributed by atoms with E-state index in [-0.39, 0.29) is 5.91 Å². The molecule has 0 aliphatic rings. The van der Waals surface area contributed by atoms with E-state index in [1.54, 1.807) is 17.9 Å². The van der Waals surface area contributed by atoms with Gasteiger partial charge in [0.2, 0.25) is 0 Å². The zero-order chi connectivity index (χ0) is 11.3. The molecule has 0 aromatic carbocycles. The number of carbonyl (C=O) groups excluding carboxylic acids is 1. The van der Waals surface area contributed by atoms with Gasteiger partial charge in [-0.05, 0) is 19.4 Å². The summed E-state index contributed by atoms with van der Waals surface area (Å²) >= 11 is 0. The van der Waals surface area contributed by atoms with Crippen molar-refractivity contribution >= 4 is 5.91 Å². The fourth-order valence-electron chi connectivity index (χ4n) is 1.52.